The van der Waals surface area contributed by atoms with Crippen molar-refractivity contribution in [1.29, 1.82) is 0 Å². The van der Waals surface area contributed by atoms with Crippen molar-refractivity contribution in [3.05, 3.63) is 46.3 Å². The van der Waals surface area contributed by atoms with Crippen molar-refractivity contribution < 1.29 is 10.0 Å². The molecule has 1 N–H and O–H groups in total. The van der Waals surface area contributed by atoms with Crippen LogP contribution in [0.3, 0.4) is 0 Å². The summed E-state index contributed by atoms with van der Waals surface area (Å²) in [4.78, 5) is 14.2. The van der Waals surface area contributed by atoms with Crippen molar-refractivity contribution in [2.45, 2.75) is 6.61 Å². The van der Waals surface area contributed by atoms with Gasteiger partial charge in [0.1, 0.15) is 0 Å². The van der Waals surface area contributed by atoms with Gasteiger partial charge in [-0.2, -0.15) is 0 Å². The molecule has 0 saturated heterocycles. The number of hydrogen-bond acceptors (Lipinski definition) is 4. The minimum absolute atomic E-state index is 0.0320. The van der Waals surface area contributed by atoms with Crippen molar-refractivity contribution >= 4 is 16.5 Å². The van der Waals surface area contributed by atoms with Crippen LogP contribution >= 0.6 is 0 Å². The molecule has 0 saturated carbocycles. The predicted octanol–water partition coefficient (Wildman–Crippen LogP) is 1.64. The number of fused-ring (bicyclic) bond motifs is 1. The van der Waals surface area contributed by atoms with Crippen LogP contribution < -0.4 is 0 Å². The van der Waals surface area contributed by atoms with Crippen molar-refractivity contribution in [2.24, 2.45) is 0 Å². The van der Waals surface area contributed by atoms with E-state index < -0.39 is 4.92 Å². The van der Waals surface area contributed by atoms with Crippen molar-refractivity contribution in [3.63, 3.8) is 0 Å². The summed E-state index contributed by atoms with van der Waals surface area (Å²) in [5.74, 6) is 0. The number of nitro benzene ring substituents is 1. The van der Waals surface area contributed by atoms with E-state index in [0.29, 0.717) is 16.5 Å². The SMILES string of the molecule is O=[N+]([O-])c1cccc2cnc(CO)cc12. The monoisotopic (exact) mass is 204 g/mol. The fraction of sp³-hybridized carbons (Fsp3) is 0.100. The van der Waals surface area contributed by atoms with Crippen molar-refractivity contribution in [3.8, 4) is 0 Å². The Morgan fingerprint density at radius 3 is 2.93 bits per heavy atom. The molecule has 2 aromatic rings. The molecule has 0 aliphatic carbocycles. The lowest BCUT2D eigenvalue weighted by atomic mass is 10.1. The quantitative estimate of drug-likeness (QED) is 0.595. The van der Waals surface area contributed by atoms with Gasteiger partial charge in [0.05, 0.1) is 22.6 Å². The van der Waals surface area contributed by atoms with Gasteiger partial charge in [-0.15, -0.1) is 0 Å². The number of aliphatic hydroxyl groups is 1. The number of pyridine rings is 1. The standard InChI is InChI=1S/C10H8N2O3/c13-6-8-4-9-7(5-11-8)2-1-3-10(9)12(14)15/h1-5,13H,6H2. The zero-order valence-electron chi connectivity index (χ0n) is 7.75. The second-order valence-electron chi connectivity index (χ2n) is 3.09. The maximum atomic E-state index is 10.7. The molecule has 5 heteroatoms. The average Bonchev–Trinajstić information content (AvgIpc) is 2.27. The first-order chi connectivity index (χ1) is 7.22. The van der Waals surface area contributed by atoms with Crippen LogP contribution in [0.2, 0.25) is 0 Å². The highest BCUT2D eigenvalue weighted by Gasteiger charge is 2.11. The molecular formula is C10H8N2O3. The van der Waals surface area contributed by atoms with Crippen molar-refractivity contribution in [1.82, 2.24) is 4.98 Å². The molecule has 0 aliphatic rings. The molecule has 2 rings (SSSR count). The number of aromatic nitrogens is 1. The highest BCUT2D eigenvalue weighted by molar-refractivity contribution is 5.90. The van der Waals surface area contributed by atoms with E-state index in [4.69, 9.17) is 5.11 Å². The summed E-state index contributed by atoms with van der Waals surface area (Å²) in [5, 5.41) is 20.8. The van der Waals surface area contributed by atoms with Crippen LogP contribution in [0.1, 0.15) is 5.69 Å². The van der Waals surface area contributed by atoms with Gasteiger partial charge in [0.2, 0.25) is 0 Å². The third-order valence-electron chi connectivity index (χ3n) is 2.16. The molecule has 76 valence electrons. The van der Waals surface area contributed by atoms with E-state index in [9.17, 15) is 10.1 Å². The highest BCUT2D eigenvalue weighted by atomic mass is 16.6. The fourth-order valence-corrected chi connectivity index (χ4v) is 1.44. The van der Waals surface area contributed by atoms with Gasteiger partial charge in [-0.05, 0) is 6.07 Å². The molecule has 1 heterocycles. The van der Waals surface area contributed by atoms with E-state index in [2.05, 4.69) is 4.98 Å². The fourth-order valence-electron chi connectivity index (χ4n) is 1.44. The number of hydrogen-bond donors (Lipinski definition) is 1. The molecule has 1 aromatic carbocycles. The second-order valence-corrected chi connectivity index (χ2v) is 3.09. The average molecular weight is 204 g/mol. The van der Waals surface area contributed by atoms with Crippen LogP contribution in [-0.2, 0) is 6.61 Å². The van der Waals surface area contributed by atoms with E-state index in [1.165, 1.54) is 18.3 Å². The first-order valence-electron chi connectivity index (χ1n) is 4.35. The predicted molar refractivity (Wildman–Crippen MR) is 54.3 cm³/mol. The molecule has 15 heavy (non-hydrogen) atoms. The molecule has 1 aromatic heterocycles. The number of rotatable bonds is 2. The minimum Gasteiger partial charge on any atom is -0.390 e. The van der Waals surface area contributed by atoms with Gasteiger partial charge < -0.3 is 5.11 Å². The van der Waals surface area contributed by atoms with Gasteiger partial charge in [-0.1, -0.05) is 12.1 Å². The Bertz CT molecular complexity index is 525. The molecule has 0 aliphatic heterocycles. The minimum atomic E-state index is -0.441. The van der Waals surface area contributed by atoms with Gasteiger partial charge in [0, 0.05) is 17.6 Å². The number of nitrogens with zero attached hydrogens (tertiary/aromatic N) is 2. The van der Waals surface area contributed by atoms with Crippen LogP contribution in [0.15, 0.2) is 30.5 Å². The number of non-ortho nitro benzene ring substituents is 1. The normalized spacial score (nSPS) is 10.5. The first kappa shape index (κ1) is 9.54. The summed E-state index contributed by atoms with van der Waals surface area (Å²) >= 11 is 0. The van der Waals surface area contributed by atoms with Crippen LogP contribution in [0.4, 0.5) is 5.69 Å². The molecule has 0 amide bonds. The summed E-state index contributed by atoms with van der Waals surface area (Å²) in [6.07, 6.45) is 1.52. The van der Waals surface area contributed by atoms with Crippen LogP contribution in [0.5, 0.6) is 0 Å². The Morgan fingerprint density at radius 1 is 1.47 bits per heavy atom. The van der Waals surface area contributed by atoms with Crippen LogP contribution in [0, 0.1) is 10.1 Å². The summed E-state index contributed by atoms with van der Waals surface area (Å²) < 4.78 is 0. The Morgan fingerprint density at radius 2 is 2.27 bits per heavy atom. The Labute approximate surface area is 85.1 Å². The summed E-state index contributed by atoms with van der Waals surface area (Å²) in [7, 11) is 0. The van der Waals surface area contributed by atoms with E-state index in [0.717, 1.165) is 0 Å². The first-order valence-corrected chi connectivity index (χ1v) is 4.35. The van der Waals surface area contributed by atoms with Crippen molar-refractivity contribution in [2.75, 3.05) is 0 Å². The van der Waals surface area contributed by atoms with E-state index in [-0.39, 0.29) is 12.3 Å². The zero-order chi connectivity index (χ0) is 10.8. The third kappa shape index (κ3) is 1.64. The molecular weight excluding hydrogens is 196 g/mol. The van der Waals surface area contributed by atoms with Gasteiger partial charge in [-0.3, -0.25) is 15.1 Å². The maximum Gasteiger partial charge on any atom is 0.277 e. The van der Waals surface area contributed by atoms with Crippen LogP contribution in [0.25, 0.3) is 10.8 Å². The third-order valence-corrected chi connectivity index (χ3v) is 2.16. The molecule has 0 spiro atoms. The van der Waals surface area contributed by atoms with Gasteiger partial charge in [-0.25, -0.2) is 0 Å². The topological polar surface area (TPSA) is 76.3 Å². The smallest absolute Gasteiger partial charge is 0.277 e. The van der Waals surface area contributed by atoms with Gasteiger partial charge >= 0.3 is 0 Å². The molecule has 0 unspecified atom stereocenters. The summed E-state index contributed by atoms with van der Waals surface area (Å²) in [6.45, 7) is -0.220. The zero-order valence-corrected chi connectivity index (χ0v) is 7.75. The number of nitro groups is 1. The number of benzene rings is 1. The van der Waals surface area contributed by atoms with Crippen LogP contribution in [-0.4, -0.2) is 15.0 Å². The molecule has 0 radical (unpaired) electrons. The lowest BCUT2D eigenvalue weighted by molar-refractivity contribution is -0.383. The largest absolute Gasteiger partial charge is 0.390 e. The number of aliphatic hydroxyl groups excluding tert-OH is 1. The molecule has 5 nitrogen and oxygen atoms in total. The molecule has 0 atom stereocenters. The Balaban J connectivity index is 2.76. The molecule has 0 bridgehead atoms. The van der Waals surface area contributed by atoms with E-state index in [1.807, 2.05) is 0 Å². The lowest BCUT2D eigenvalue weighted by Crippen LogP contribution is -1.93. The highest BCUT2D eigenvalue weighted by Crippen LogP contribution is 2.25. The summed E-state index contributed by atoms with van der Waals surface area (Å²) in [6, 6.07) is 6.33. The molecule has 0 fully saturated rings. The maximum absolute atomic E-state index is 10.7. The van der Waals surface area contributed by atoms with E-state index >= 15 is 0 Å². The summed E-state index contributed by atoms with van der Waals surface area (Å²) in [5.41, 5.74) is 0.460. The van der Waals surface area contributed by atoms with Gasteiger partial charge in [0.15, 0.2) is 0 Å². The second kappa shape index (κ2) is 3.62. The van der Waals surface area contributed by atoms with Gasteiger partial charge in [0.25, 0.3) is 5.69 Å². The Hall–Kier alpha value is -2.01. The van der Waals surface area contributed by atoms with E-state index in [1.54, 1.807) is 12.1 Å². The lowest BCUT2D eigenvalue weighted by Gasteiger charge is -2.00. The Kier molecular flexibility index (Phi) is 2.31.